The first-order valence-corrected chi connectivity index (χ1v) is 6.85. The third-order valence-corrected chi connectivity index (χ3v) is 3.64. The molecule has 21 heavy (non-hydrogen) atoms. The van der Waals surface area contributed by atoms with Gasteiger partial charge in [-0.25, -0.2) is 0 Å². The molecule has 0 unspecified atom stereocenters. The average Bonchev–Trinajstić information content (AvgIpc) is 3.06. The number of likely N-dealkylation sites (N-methyl/N-ethyl adjacent to an activating group) is 1. The summed E-state index contributed by atoms with van der Waals surface area (Å²) in [6, 6.07) is 3.47. The van der Waals surface area contributed by atoms with E-state index in [2.05, 4.69) is 15.4 Å². The van der Waals surface area contributed by atoms with Crippen molar-refractivity contribution in [1.82, 2.24) is 25.1 Å². The van der Waals surface area contributed by atoms with Crippen molar-refractivity contribution in [1.29, 1.82) is 0 Å². The van der Waals surface area contributed by atoms with Gasteiger partial charge in [-0.15, -0.1) is 10.2 Å². The number of furan rings is 1. The summed E-state index contributed by atoms with van der Waals surface area (Å²) in [7, 11) is 1.75. The van der Waals surface area contributed by atoms with Crippen molar-refractivity contribution in [2.45, 2.75) is 25.5 Å². The predicted octanol–water partition coefficient (Wildman–Crippen LogP) is 0.162. The molecule has 2 aromatic rings. The quantitative estimate of drug-likeness (QED) is 0.843. The number of aromatic nitrogens is 4. The first-order valence-electron chi connectivity index (χ1n) is 6.85. The fourth-order valence-corrected chi connectivity index (χ4v) is 2.40. The summed E-state index contributed by atoms with van der Waals surface area (Å²) < 4.78 is 5.17. The van der Waals surface area contributed by atoms with Crippen molar-refractivity contribution in [2.24, 2.45) is 5.92 Å². The fourth-order valence-electron chi connectivity index (χ4n) is 2.40. The van der Waals surface area contributed by atoms with Crippen LogP contribution in [0.4, 0.5) is 0 Å². The van der Waals surface area contributed by atoms with E-state index in [1.54, 1.807) is 24.1 Å². The second-order valence-electron chi connectivity index (χ2n) is 5.39. The number of nitrogens with zero attached hydrogens (tertiary/aromatic N) is 5. The maximum absolute atomic E-state index is 12.1. The number of hydrogen-bond donors (Lipinski definition) is 1. The molecule has 1 saturated carbocycles. The third kappa shape index (κ3) is 3.10. The average molecular weight is 291 g/mol. The Kier molecular flexibility index (Phi) is 3.70. The molecule has 0 bridgehead atoms. The summed E-state index contributed by atoms with van der Waals surface area (Å²) in [5.41, 5.74) is 0. The second kappa shape index (κ2) is 5.65. The van der Waals surface area contributed by atoms with E-state index in [-0.39, 0.29) is 18.6 Å². The molecule has 1 amide bonds. The van der Waals surface area contributed by atoms with Gasteiger partial charge in [0, 0.05) is 13.6 Å². The monoisotopic (exact) mass is 291 g/mol. The minimum atomic E-state index is -0.202. The van der Waals surface area contributed by atoms with E-state index in [4.69, 9.17) is 4.42 Å². The lowest BCUT2D eigenvalue weighted by molar-refractivity contribution is -0.132. The topological polar surface area (TPSA) is 97.3 Å². The minimum Gasteiger partial charge on any atom is -0.461 e. The van der Waals surface area contributed by atoms with Crippen LogP contribution in [0.5, 0.6) is 0 Å². The lowest BCUT2D eigenvalue weighted by Crippen LogP contribution is -2.40. The smallest absolute Gasteiger partial charge is 0.245 e. The molecule has 8 heteroatoms. The van der Waals surface area contributed by atoms with Crippen LogP contribution in [0.1, 0.15) is 12.8 Å². The van der Waals surface area contributed by atoms with E-state index in [9.17, 15) is 9.90 Å². The van der Waals surface area contributed by atoms with E-state index in [0.717, 1.165) is 12.8 Å². The van der Waals surface area contributed by atoms with Crippen LogP contribution in [0, 0.1) is 5.92 Å². The zero-order valence-electron chi connectivity index (χ0n) is 11.7. The fraction of sp³-hybridized carbons (Fsp3) is 0.538. The van der Waals surface area contributed by atoms with Gasteiger partial charge in [-0.1, -0.05) is 0 Å². The maximum atomic E-state index is 12.1. The molecule has 2 heterocycles. The van der Waals surface area contributed by atoms with E-state index in [1.807, 2.05) is 0 Å². The molecule has 0 spiro atoms. The van der Waals surface area contributed by atoms with Gasteiger partial charge >= 0.3 is 0 Å². The molecule has 1 aliphatic rings. The van der Waals surface area contributed by atoms with Crippen LogP contribution >= 0.6 is 0 Å². The number of aliphatic hydroxyl groups excluding tert-OH is 1. The van der Waals surface area contributed by atoms with Crippen LogP contribution in [-0.2, 0) is 11.3 Å². The van der Waals surface area contributed by atoms with E-state index >= 15 is 0 Å². The molecule has 112 valence electrons. The van der Waals surface area contributed by atoms with Crippen molar-refractivity contribution >= 4 is 5.91 Å². The Hall–Kier alpha value is -2.22. The number of tetrazole rings is 1. The molecule has 2 aromatic heterocycles. The number of aliphatic hydroxyl groups is 1. The molecule has 1 fully saturated rings. The van der Waals surface area contributed by atoms with Gasteiger partial charge in [0.15, 0.2) is 5.76 Å². The number of amides is 1. The number of carbonyl (C=O) groups excluding carboxylic acids is 1. The Bertz CT molecular complexity index is 603. The van der Waals surface area contributed by atoms with Crippen LogP contribution in [0.3, 0.4) is 0 Å². The molecule has 3 rings (SSSR count). The van der Waals surface area contributed by atoms with Gasteiger partial charge < -0.3 is 14.4 Å². The van der Waals surface area contributed by atoms with Gasteiger partial charge in [0.05, 0.1) is 12.4 Å². The first kappa shape index (κ1) is 13.7. The Morgan fingerprint density at radius 2 is 2.38 bits per heavy atom. The number of rotatable bonds is 5. The van der Waals surface area contributed by atoms with Crippen LogP contribution in [0.2, 0.25) is 0 Å². The number of hydrogen-bond acceptors (Lipinski definition) is 6. The zero-order chi connectivity index (χ0) is 14.8. The van der Waals surface area contributed by atoms with Gasteiger partial charge in [0.2, 0.25) is 11.7 Å². The Balaban J connectivity index is 1.55. The van der Waals surface area contributed by atoms with E-state index < -0.39 is 0 Å². The highest BCUT2D eigenvalue weighted by Gasteiger charge is 2.29. The van der Waals surface area contributed by atoms with Crippen LogP contribution in [0.25, 0.3) is 11.6 Å². The summed E-state index contributed by atoms with van der Waals surface area (Å²) >= 11 is 0. The van der Waals surface area contributed by atoms with Crippen LogP contribution in [0.15, 0.2) is 22.8 Å². The highest BCUT2D eigenvalue weighted by atomic mass is 16.3. The predicted molar refractivity (Wildman–Crippen MR) is 71.9 cm³/mol. The molecule has 8 nitrogen and oxygen atoms in total. The SMILES string of the molecule is CN(CC1CC(O)C1)C(=O)Cn1nnc(-c2ccco2)n1. The molecule has 1 aliphatic carbocycles. The summed E-state index contributed by atoms with van der Waals surface area (Å²) in [6.07, 6.45) is 2.86. The highest BCUT2D eigenvalue weighted by molar-refractivity contribution is 5.75. The summed E-state index contributed by atoms with van der Waals surface area (Å²) in [5, 5.41) is 21.1. The molecule has 0 aliphatic heterocycles. The highest BCUT2D eigenvalue weighted by Crippen LogP contribution is 2.27. The largest absolute Gasteiger partial charge is 0.461 e. The van der Waals surface area contributed by atoms with Gasteiger partial charge in [0.1, 0.15) is 6.54 Å². The summed E-state index contributed by atoms with van der Waals surface area (Å²) in [5.74, 6) is 1.18. The lowest BCUT2D eigenvalue weighted by atomic mass is 9.82. The van der Waals surface area contributed by atoms with Crippen molar-refractivity contribution < 1.29 is 14.3 Å². The van der Waals surface area contributed by atoms with Gasteiger partial charge in [-0.05, 0) is 36.1 Å². The summed E-state index contributed by atoms with van der Waals surface area (Å²) in [6.45, 7) is 0.690. The maximum Gasteiger partial charge on any atom is 0.245 e. The van der Waals surface area contributed by atoms with Crippen molar-refractivity contribution in [2.75, 3.05) is 13.6 Å². The molecule has 0 radical (unpaired) electrons. The Morgan fingerprint density at radius 3 is 3.05 bits per heavy atom. The van der Waals surface area contributed by atoms with Gasteiger partial charge in [-0.2, -0.15) is 4.80 Å². The van der Waals surface area contributed by atoms with Crippen LogP contribution < -0.4 is 0 Å². The Morgan fingerprint density at radius 1 is 1.57 bits per heavy atom. The zero-order valence-corrected chi connectivity index (χ0v) is 11.7. The second-order valence-corrected chi connectivity index (χ2v) is 5.39. The van der Waals surface area contributed by atoms with Gasteiger partial charge in [0.25, 0.3) is 0 Å². The molecule has 0 saturated heterocycles. The lowest BCUT2D eigenvalue weighted by Gasteiger charge is -2.34. The van der Waals surface area contributed by atoms with Crippen LogP contribution in [-0.4, -0.2) is 55.8 Å². The molecular formula is C13H17N5O3. The molecule has 1 N–H and O–H groups in total. The summed E-state index contributed by atoms with van der Waals surface area (Å²) in [4.78, 5) is 15.0. The molecular weight excluding hydrogens is 274 g/mol. The standard InChI is InChI=1S/C13H17N5O3/c1-17(7-9-5-10(19)6-9)12(20)8-18-15-13(14-16-18)11-3-2-4-21-11/h2-4,9-10,19H,5-8H2,1H3. The number of carbonyl (C=O) groups is 1. The third-order valence-electron chi connectivity index (χ3n) is 3.64. The van der Waals surface area contributed by atoms with Gasteiger partial charge in [-0.3, -0.25) is 4.79 Å². The van der Waals surface area contributed by atoms with Crippen molar-refractivity contribution in [3.63, 3.8) is 0 Å². The van der Waals surface area contributed by atoms with E-state index in [1.165, 1.54) is 11.1 Å². The normalized spacial score (nSPS) is 21.0. The van der Waals surface area contributed by atoms with E-state index in [0.29, 0.717) is 24.0 Å². The Labute approximate surface area is 121 Å². The van der Waals surface area contributed by atoms with Crippen molar-refractivity contribution in [3.8, 4) is 11.6 Å². The van der Waals surface area contributed by atoms with Crippen molar-refractivity contribution in [3.05, 3.63) is 18.4 Å². The first-order chi connectivity index (χ1) is 10.1. The molecule has 0 aromatic carbocycles. The molecule has 0 atom stereocenters. The minimum absolute atomic E-state index is 0.0412.